The highest BCUT2D eigenvalue weighted by Gasteiger charge is 2.12. The first-order valence-electron chi connectivity index (χ1n) is 8.85. The predicted molar refractivity (Wildman–Crippen MR) is 109 cm³/mol. The number of thioether (sulfide) groups is 1. The van der Waals surface area contributed by atoms with E-state index in [0.29, 0.717) is 16.4 Å². The summed E-state index contributed by atoms with van der Waals surface area (Å²) < 4.78 is 14.8. The summed E-state index contributed by atoms with van der Waals surface area (Å²) in [4.78, 5) is 24.5. The van der Waals surface area contributed by atoms with Gasteiger partial charge in [0.05, 0.1) is 11.8 Å². The third-order valence-electron chi connectivity index (χ3n) is 4.15. The molecule has 1 atom stereocenters. The van der Waals surface area contributed by atoms with E-state index in [1.807, 2.05) is 6.92 Å². The van der Waals surface area contributed by atoms with Crippen LogP contribution >= 0.6 is 11.8 Å². The van der Waals surface area contributed by atoms with Gasteiger partial charge in [-0.05, 0) is 48.9 Å². The van der Waals surface area contributed by atoms with Crippen molar-refractivity contribution in [2.45, 2.75) is 18.1 Å². The van der Waals surface area contributed by atoms with Gasteiger partial charge >= 0.3 is 0 Å². The van der Waals surface area contributed by atoms with Crippen molar-refractivity contribution in [1.29, 1.82) is 0 Å². The minimum atomic E-state index is -0.320. The maximum absolute atomic E-state index is 13.0. The zero-order chi connectivity index (χ0) is 20.8. The van der Waals surface area contributed by atoms with Crippen LogP contribution in [0.25, 0.3) is 0 Å². The zero-order valence-electron chi connectivity index (χ0n) is 15.9. The Balaban J connectivity index is 1.52. The van der Waals surface area contributed by atoms with Gasteiger partial charge in [-0.15, -0.1) is 10.2 Å². The standard InChI is InChI=1S/C20H20FN5O2S/c1-13(14-3-7-16(21)8-4-14)23-19(28)15-5-9-17(10-6-15)24-18(27)11-29-20-25-22-12-26(20)2/h3-10,12-13H,11H2,1-2H3,(H,23,28)(H,24,27)/t13-/m0/s1. The number of aromatic nitrogens is 3. The van der Waals surface area contributed by atoms with Gasteiger partial charge < -0.3 is 15.2 Å². The fraction of sp³-hybridized carbons (Fsp3) is 0.200. The average molecular weight is 413 g/mol. The predicted octanol–water partition coefficient (Wildman–Crippen LogP) is 3.18. The number of nitrogens with one attached hydrogen (secondary N) is 2. The Bertz CT molecular complexity index is 989. The second-order valence-electron chi connectivity index (χ2n) is 6.39. The Kier molecular flexibility index (Phi) is 6.61. The summed E-state index contributed by atoms with van der Waals surface area (Å²) in [5.74, 6) is -0.554. The van der Waals surface area contributed by atoms with E-state index in [-0.39, 0.29) is 29.4 Å². The number of nitrogens with zero attached hydrogens (tertiary/aromatic N) is 3. The lowest BCUT2D eigenvalue weighted by atomic mass is 10.1. The van der Waals surface area contributed by atoms with Crippen LogP contribution in [0.4, 0.5) is 10.1 Å². The maximum atomic E-state index is 13.0. The van der Waals surface area contributed by atoms with Crippen molar-refractivity contribution in [3.63, 3.8) is 0 Å². The minimum Gasteiger partial charge on any atom is -0.346 e. The lowest BCUT2D eigenvalue weighted by Gasteiger charge is -2.14. The number of halogens is 1. The molecule has 1 aromatic heterocycles. The Morgan fingerprint density at radius 3 is 2.45 bits per heavy atom. The summed E-state index contributed by atoms with van der Waals surface area (Å²) in [6, 6.07) is 12.3. The van der Waals surface area contributed by atoms with E-state index in [0.717, 1.165) is 5.56 Å². The van der Waals surface area contributed by atoms with Gasteiger partial charge in [-0.25, -0.2) is 4.39 Å². The molecule has 2 aromatic carbocycles. The van der Waals surface area contributed by atoms with Gasteiger partial charge in [0.15, 0.2) is 5.16 Å². The van der Waals surface area contributed by atoms with E-state index in [2.05, 4.69) is 20.8 Å². The summed E-state index contributed by atoms with van der Waals surface area (Å²) in [6.45, 7) is 1.83. The number of carbonyl (C=O) groups excluding carboxylic acids is 2. The first-order valence-corrected chi connectivity index (χ1v) is 9.84. The fourth-order valence-corrected chi connectivity index (χ4v) is 3.24. The average Bonchev–Trinajstić information content (AvgIpc) is 3.12. The topological polar surface area (TPSA) is 88.9 Å². The molecule has 0 saturated carbocycles. The van der Waals surface area contributed by atoms with Crippen molar-refractivity contribution in [3.05, 3.63) is 71.8 Å². The first kappa shape index (κ1) is 20.5. The summed E-state index contributed by atoms with van der Waals surface area (Å²) >= 11 is 1.28. The number of rotatable bonds is 7. The van der Waals surface area contributed by atoms with E-state index in [9.17, 15) is 14.0 Å². The van der Waals surface area contributed by atoms with Crippen LogP contribution in [0.2, 0.25) is 0 Å². The van der Waals surface area contributed by atoms with Crippen LogP contribution in [-0.2, 0) is 11.8 Å². The van der Waals surface area contributed by atoms with E-state index >= 15 is 0 Å². The summed E-state index contributed by atoms with van der Waals surface area (Å²) in [5.41, 5.74) is 1.87. The first-order chi connectivity index (χ1) is 13.9. The molecule has 2 amide bonds. The molecule has 9 heteroatoms. The molecule has 3 rings (SSSR count). The van der Waals surface area contributed by atoms with Gasteiger partial charge in [0.2, 0.25) is 5.91 Å². The Labute approximate surface area is 171 Å². The molecule has 0 aliphatic rings. The van der Waals surface area contributed by atoms with Gasteiger partial charge in [-0.1, -0.05) is 23.9 Å². The van der Waals surface area contributed by atoms with E-state index < -0.39 is 0 Å². The normalized spacial score (nSPS) is 11.7. The molecule has 0 fully saturated rings. The van der Waals surface area contributed by atoms with Crippen LogP contribution in [-0.4, -0.2) is 32.3 Å². The van der Waals surface area contributed by atoms with Crippen LogP contribution in [0.5, 0.6) is 0 Å². The lowest BCUT2D eigenvalue weighted by molar-refractivity contribution is -0.113. The molecule has 0 unspecified atom stereocenters. The van der Waals surface area contributed by atoms with Crippen LogP contribution in [0, 0.1) is 5.82 Å². The summed E-state index contributed by atoms with van der Waals surface area (Å²) in [7, 11) is 1.81. The Morgan fingerprint density at radius 1 is 1.14 bits per heavy atom. The number of hydrogen-bond donors (Lipinski definition) is 2. The maximum Gasteiger partial charge on any atom is 0.251 e. The SMILES string of the molecule is C[C@H](NC(=O)c1ccc(NC(=O)CSc2nncn2C)cc1)c1ccc(F)cc1. The van der Waals surface area contributed by atoms with E-state index in [1.165, 1.54) is 23.9 Å². The van der Waals surface area contributed by atoms with Crippen LogP contribution in [0.1, 0.15) is 28.9 Å². The van der Waals surface area contributed by atoms with E-state index in [1.54, 1.807) is 54.3 Å². The monoisotopic (exact) mass is 413 g/mol. The molecule has 150 valence electrons. The van der Waals surface area contributed by atoms with Crippen molar-refractivity contribution in [3.8, 4) is 0 Å². The van der Waals surface area contributed by atoms with E-state index in [4.69, 9.17) is 0 Å². The van der Waals surface area contributed by atoms with Crippen molar-refractivity contribution in [2.75, 3.05) is 11.1 Å². The molecule has 0 saturated heterocycles. The van der Waals surface area contributed by atoms with Gasteiger partial charge in [-0.2, -0.15) is 0 Å². The highest BCUT2D eigenvalue weighted by molar-refractivity contribution is 7.99. The molecule has 0 bridgehead atoms. The number of amides is 2. The lowest BCUT2D eigenvalue weighted by Crippen LogP contribution is -2.26. The van der Waals surface area contributed by atoms with Crippen molar-refractivity contribution < 1.29 is 14.0 Å². The molecule has 0 aliphatic carbocycles. The number of benzene rings is 2. The number of anilines is 1. The minimum absolute atomic E-state index is 0.180. The molecule has 1 heterocycles. The van der Waals surface area contributed by atoms with Gasteiger partial charge in [0, 0.05) is 18.3 Å². The second kappa shape index (κ2) is 9.33. The van der Waals surface area contributed by atoms with Crippen LogP contribution < -0.4 is 10.6 Å². The molecule has 2 N–H and O–H groups in total. The van der Waals surface area contributed by atoms with Crippen molar-refractivity contribution in [2.24, 2.45) is 7.05 Å². The summed E-state index contributed by atoms with van der Waals surface area (Å²) in [5, 5.41) is 14.0. The van der Waals surface area contributed by atoms with Crippen LogP contribution in [0.3, 0.4) is 0 Å². The highest BCUT2D eigenvalue weighted by Crippen LogP contribution is 2.16. The van der Waals surface area contributed by atoms with Gasteiger partial charge in [0.25, 0.3) is 5.91 Å². The molecule has 7 nitrogen and oxygen atoms in total. The van der Waals surface area contributed by atoms with Gasteiger partial charge in [0.1, 0.15) is 12.1 Å². The quantitative estimate of drug-likeness (QED) is 0.581. The molecular weight excluding hydrogens is 393 g/mol. The Hall–Kier alpha value is -3.20. The zero-order valence-corrected chi connectivity index (χ0v) is 16.7. The van der Waals surface area contributed by atoms with Crippen molar-refractivity contribution in [1.82, 2.24) is 20.1 Å². The second-order valence-corrected chi connectivity index (χ2v) is 7.33. The molecule has 29 heavy (non-hydrogen) atoms. The number of hydrogen-bond acceptors (Lipinski definition) is 5. The smallest absolute Gasteiger partial charge is 0.251 e. The molecule has 0 spiro atoms. The Morgan fingerprint density at radius 2 is 1.83 bits per heavy atom. The molecule has 0 radical (unpaired) electrons. The van der Waals surface area contributed by atoms with Crippen LogP contribution in [0.15, 0.2) is 60.0 Å². The third-order valence-corrected chi connectivity index (χ3v) is 5.19. The largest absolute Gasteiger partial charge is 0.346 e. The van der Waals surface area contributed by atoms with Gasteiger partial charge in [-0.3, -0.25) is 9.59 Å². The van der Waals surface area contributed by atoms with Crippen molar-refractivity contribution >= 4 is 29.3 Å². The highest BCUT2D eigenvalue weighted by atomic mass is 32.2. The molecule has 0 aliphatic heterocycles. The number of carbonyl (C=O) groups is 2. The molecular formula is C20H20FN5O2S. The fourth-order valence-electron chi connectivity index (χ4n) is 2.55. The number of aryl methyl sites for hydroxylation is 1. The molecule has 3 aromatic rings. The third kappa shape index (κ3) is 5.64. The summed E-state index contributed by atoms with van der Waals surface area (Å²) in [6.07, 6.45) is 1.57.